The van der Waals surface area contributed by atoms with Gasteiger partial charge in [0.2, 0.25) is 0 Å². The normalized spacial score (nSPS) is 12.0. The van der Waals surface area contributed by atoms with Crippen molar-refractivity contribution in [2.24, 2.45) is 5.92 Å². The summed E-state index contributed by atoms with van der Waals surface area (Å²) in [7, 11) is 0. The summed E-state index contributed by atoms with van der Waals surface area (Å²) >= 11 is 6.26. The molecular weight excluding hydrogens is 362 g/mol. The lowest BCUT2D eigenvalue weighted by atomic mass is 9.96. The Bertz CT molecular complexity index is 983. The number of carbonyl (C=O) groups is 2. The minimum Gasteiger partial charge on any atom is -0.341 e. The lowest BCUT2D eigenvalue weighted by Crippen LogP contribution is -2.39. The SMILES string of the molecule is CC(C)[C@@H](NC(=O)C(=O)Nc1cccc2cccnc12)c1ccccc1Cl. The molecule has 0 radical (unpaired) electrons. The van der Waals surface area contributed by atoms with E-state index in [1.54, 1.807) is 24.4 Å². The summed E-state index contributed by atoms with van der Waals surface area (Å²) in [6, 6.07) is 16.0. The maximum Gasteiger partial charge on any atom is 0.313 e. The van der Waals surface area contributed by atoms with E-state index in [-0.39, 0.29) is 12.0 Å². The quantitative estimate of drug-likeness (QED) is 0.660. The van der Waals surface area contributed by atoms with E-state index in [1.165, 1.54) is 0 Å². The van der Waals surface area contributed by atoms with Crippen molar-refractivity contribution < 1.29 is 9.59 Å². The van der Waals surface area contributed by atoms with E-state index >= 15 is 0 Å². The molecule has 138 valence electrons. The van der Waals surface area contributed by atoms with Gasteiger partial charge in [0.15, 0.2) is 0 Å². The average Bonchev–Trinajstić information content (AvgIpc) is 2.66. The number of amides is 2. The molecule has 2 amide bonds. The van der Waals surface area contributed by atoms with Crippen LogP contribution in [0.15, 0.2) is 60.8 Å². The van der Waals surface area contributed by atoms with Crippen LogP contribution in [-0.4, -0.2) is 16.8 Å². The van der Waals surface area contributed by atoms with E-state index in [1.807, 2.05) is 50.2 Å². The Morgan fingerprint density at radius 3 is 2.44 bits per heavy atom. The molecule has 1 aromatic heterocycles. The zero-order chi connectivity index (χ0) is 19.4. The number of carbonyl (C=O) groups excluding carboxylic acids is 2. The average molecular weight is 382 g/mol. The van der Waals surface area contributed by atoms with Crippen LogP contribution in [0.3, 0.4) is 0 Å². The van der Waals surface area contributed by atoms with Crippen LogP contribution in [-0.2, 0) is 9.59 Å². The summed E-state index contributed by atoms with van der Waals surface area (Å²) in [6.07, 6.45) is 1.64. The molecule has 1 heterocycles. The van der Waals surface area contributed by atoms with Crippen LogP contribution >= 0.6 is 11.6 Å². The van der Waals surface area contributed by atoms with Crippen molar-refractivity contribution in [3.05, 3.63) is 71.4 Å². The smallest absolute Gasteiger partial charge is 0.313 e. The summed E-state index contributed by atoms with van der Waals surface area (Å²) in [6.45, 7) is 3.92. The minimum absolute atomic E-state index is 0.0564. The van der Waals surface area contributed by atoms with E-state index in [0.717, 1.165) is 10.9 Å². The number of halogens is 1. The lowest BCUT2D eigenvalue weighted by Gasteiger charge is -2.23. The second kappa shape index (κ2) is 8.18. The first-order valence-electron chi connectivity index (χ1n) is 8.67. The van der Waals surface area contributed by atoms with Crippen molar-refractivity contribution in [2.45, 2.75) is 19.9 Å². The molecule has 0 aliphatic rings. The zero-order valence-corrected chi connectivity index (χ0v) is 15.8. The Balaban J connectivity index is 1.78. The number of anilines is 1. The van der Waals surface area contributed by atoms with Crippen molar-refractivity contribution in [1.82, 2.24) is 10.3 Å². The molecule has 0 saturated heterocycles. The number of fused-ring (bicyclic) bond motifs is 1. The molecule has 0 bridgehead atoms. The van der Waals surface area contributed by atoms with Gasteiger partial charge in [0, 0.05) is 16.6 Å². The van der Waals surface area contributed by atoms with E-state index in [0.29, 0.717) is 16.2 Å². The summed E-state index contributed by atoms with van der Waals surface area (Å²) in [5, 5.41) is 6.87. The fourth-order valence-corrected chi connectivity index (χ4v) is 3.18. The molecule has 5 nitrogen and oxygen atoms in total. The van der Waals surface area contributed by atoms with Crippen molar-refractivity contribution in [3.8, 4) is 0 Å². The van der Waals surface area contributed by atoms with Crippen molar-refractivity contribution in [1.29, 1.82) is 0 Å². The molecule has 27 heavy (non-hydrogen) atoms. The third-order valence-electron chi connectivity index (χ3n) is 4.28. The highest BCUT2D eigenvalue weighted by molar-refractivity contribution is 6.40. The van der Waals surface area contributed by atoms with Crippen molar-refractivity contribution in [2.75, 3.05) is 5.32 Å². The van der Waals surface area contributed by atoms with Crippen LogP contribution in [0, 0.1) is 5.92 Å². The van der Waals surface area contributed by atoms with Gasteiger partial charge in [-0.05, 0) is 29.7 Å². The monoisotopic (exact) mass is 381 g/mol. The van der Waals surface area contributed by atoms with Crippen LogP contribution in [0.25, 0.3) is 10.9 Å². The molecule has 3 rings (SSSR count). The third kappa shape index (κ3) is 4.26. The molecule has 2 aromatic carbocycles. The molecule has 0 saturated carbocycles. The predicted molar refractivity (Wildman–Crippen MR) is 108 cm³/mol. The Hall–Kier alpha value is -2.92. The highest BCUT2D eigenvalue weighted by Crippen LogP contribution is 2.28. The van der Waals surface area contributed by atoms with Crippen LogP contribution in [0.1, 0.15) is 25.5 Å². The largest absolute Gasteiger partial charge is 0.341 e. The number of aromatic nitrogens is 1. The number of hydrogen-bond donors (Lipinski definition) is 2. The number of nitrogens with one attached hydrogen (secondary N) is 2. The molecule has 0 unspecified atom stereocenters. The second-order valence-electron chi connectivity index (χ2n) is 6.55. The van der Waals surface area contributed by atoms with Crippen LogP contribution in [0.2, 0.25) is 5.02 Å². The van der Waals surface area contributed by atoms with Gasteiger partial charge in [0.1, 0.15) is 0 Å². The summed E-state index contributed by atoms with van der Waals surface area (Å²) in [4.78, 5) is 29.2. The van der Waals surface area contributed by atoms with Gasteiger partial charge in [-0.25, -0.2) is 0 Å². The molecule has 0 spiro atoms. The van der Waals surface area contributed by atoms with E-state index in [2.05, 4.69) is 15.6 Å². The molecule has 0 fully saturated rings. The fourth-order valence-electron chi connectivity index (χ4n) is 2.92. The molecule has 0 aliphatic carbocycles. The lowest BCUT2D eigenvalue weighted by molar-refractivity contribution is -0.136. The first-order valence-corrected chi connectivity index (χ1v) is 9.05. The number of rotatable bonds is 4. The van der Waals surface area contributed by atoms with E-state index in [9.17, 15) is 9.59 Å². The summed E-state index contributed by atoms with van der Waals surface area (Å²) in [5.41, 5.74) is 1.90. The van der Waals surface area contributed by atoms with Crippen molar-refractivity contribution in [3.63, 3.8) is 0 Å². The predicted octanol–water partition coefficient (Wildman–Crippen LogP) is 4.34. The number of hydrogen-bond acceptors (Lipinski definition) is 3. The maximum atomic E-state index is 12.5. The molecule has 1 atom stereocenters. The first-order chi connectivity index (χ1) is 13.0. The van der Waals surface area contributed by atoms with E-state index in [4.69, 9.17) is 11.6 Å². The third-order valence-corrected chi connectivity index (χ3v) is 4.62. The Morgan fingerprint density at radius 2 is 1.70 bits per heavy atom. The van der Waals surface area contributed by atoms with Gasteiger partial charge >= 0.3 is 11.8 Å². The van der Waals surface area contributed by atoms with Crippen molar-refractivity contribution >= 4 is 40.0 Å². The fraction of sp³-hybridized carbons (Fsp3) is 0.190. The van der Waals surface area contributed by atoms with Gasteiger partial charge in [-0.15, -0.1) is 0 Å². The minimum atomic E-state index is -0.745. The van der Waals surface area contributed by atoms with Crippen LogP contribution in [0.4, 0.5) is 5.69 Å². The summed E-state index contributed by atoms with van der Waals surface area (Å²) < 4.78 is 0. The van der Waals surface area contributed by atoms with Gasteiger partial charge < -0.3 is 10.6 Å². The maximum absolute atomic E-state index is 12.5. The first kappa shape index (κ1) is 18.9. The Labute approximate surface area is 162 Å². The topological polar surface area (TPSA) is 71.1 Å². The second-order valence-corrected chi connectivity index (χ2v) is 6.96. The molecule has 3 aromatic rings. The highest BCUT2D eigenvalue weighted by Gasteiger charge is 2.24. The van der Waals surface area contributed by atoms with Gasteiger partial charge in [0.25, 0.3) is 0 Å². The van der Waals surface area contributed by atoms with Gasteiger partial charge in [0.05, 0.1) is 17.2 Å². The number of nitrogens with zero attached hydrogens (tertiary/aromatic N) is 1. The van der Waals surface area contributed by atoms with Crippen LogP contribution in [0.5, 0.6) is 0 Å². The summed E-state index contributed by atoms with van der Waals surface area (Å²) in [5.74, 6) is -1.41. The Kier molecular flexibility index (Phi) is 5.72. The zero-order valence-electron chi connectivity index (χ0n) is 15.1. The number of para-hydroxylation sites is 1. The molecule has 2 N–H and O–H groups in total. The molecule has 6 heteroatoms. The standard InChI is InChI=1S/C21H20ClN3O2/c1-13(2)18(15-9-3-4-10-16(15)22)25-21(27)20(26)24-17-11-5-7-14-8-6-12-23-19(14)17/h3-13,18H,1-2H3,(H,24,26)(H,25,27)/t18-/m1/s1. The van der Waals surface area contributed by atoms with Gasteiger partial charge in [-0.3, -0.25) is 14.6 Å². The highest BCUT2D eigenvalue weighted by atomic mass is 35.5. The van der Waals surface area contributed by atoms with Crippen LogP contribution < -0.4 is 10.6 Å². The Morgan fingerprint density at radius 1 is 0.963 bits per heavy atom. The molecular formula is C21H20ClN3O2. The van der Waals surface area contributed by atoms with Gasteiger partial charge in [-0.1, -0.05) is 61.8 Å². The van der Waals surface area contributed by atoms with Gasteiger partial charge in [-0.2, -0.15) is 0 Å². The number of benzene rings is 2. The number of pyridine rings is 1. The molecule has 0 aliphatic heterocycles. The van der Waals surface area contributed by atoms with E-state index < -0.39 is 11.8 Å².